The quantitative estimate of drug-likeness (QED) is 0.182. The molecule has 41 heavy (non-hydrogen) atoms. The molecule has 0 radical (unpaired) electrons. The fraction of sp³-hybridized carbons (Fsp3) is 0.344. The van der Waals surface area contributed by atoms with Gasteiger partial charge in [-0.1, -0.05) is 67.6 Å². The van der Waals surface area contributed by atoms with Crippen LogP contribution in [0.25, 0.3) is 11.1 Å². The molecule has 3 aromatic carbocycles. The van der Waals surface area contributed by atoms with Crippen molar-refractivity contribution in [3.8, 4) is 11.1 Å². The molecule has 1 heterocycles. The molecule has 0 aromatic heterocycles. The Labute approximate surface area is 241 Å². The van der Waals surface area contributed by atoms with Gasteiger partial charge in [0.25, 0.3) is 0 Å². The van der Waals surface area contributed by atoms with Gasteiger partial charge < -0.3 is 25.6 Å². The van der Waals surface area contributed by atoms with Crippen LogP contribution in [0, 0.1) is 0 Å². The Balaban J connectivity index is 1.14. The molecule has 0 atom stereocenters. The van der Waals surface area contributed by atoms with Gasteiger partial charge in [0.1, 0.15) is 6.10 Å². The van der Waals surface area contributed by atoms with E-state index < -0.39 is 6.09 Å². The van der Waals surface area contributed by atoms with E-state index in [2.05, 4.69) is 26.2 Å². The number of amides is 2. The van der Waals surface area contributed by atoms with Crippen molar-refractivity contribution in [3.05, 3.63) is 84.4 Å². The van der Waals surface area contributed by atoms with Crippen LogP contribution in [0.5, 0.6) is 0 Å². The molecule has 0 saturated carbocycles. The maximum atomic E-state index is 12.6. The average molecular weight is 558 g/mol. The fourth-order valence-electron chi connectivity index (χ4n) is 4.76. The highest BCUT2D eigenvalue weighted by Gasteiger charge is 2.22. The summed E-state index contributed by atoms with van der Waals surface area (Å²) in [4.78, 5) is 39.5. The number of benzene rings is 3. The normalized spacial score (nSPS) is 13.9. The first-order valence-electron chi connectivity index (χ1n) is 14.2. The van der Waals surface area contributed by atoms with Gasteiger partial charge >= 0.3 is 6.09 Å². The van der Waals surface area contributed by atoms with Crippen molar-refractivity contribution in [1.82, 2.24) is 15.5 Å². The Hall–Kier alpha value is -4.05. The Morgan fingerprint density at radius 3 is 2.39 bits per heavy atom. The first-order chi connectivity index (χ1) is 20.0. The summed E-state index contributed by atoms with van der Waals surface area (Å²) in [5.41, 5.74) is 3.87. The highest BCUT2D eigenvalue weighted by Crippen LogP contribution is 2.28. The van der Waals surface area contributed by atoms with E-state index >= 15 is 0 Å². The summed E-state index contributed by atoms with van der Waals surface area (Å²) in [6.45, 7) is 6.22. The standard InChI is InChI=1S/C32H39N5O4/c1-2-33-23-31(39)35-26-12-8-11-25(21-26)30(38)22-34-17-20-37-18-15-27(16-19-37)41-32(40)36-29-14-7-6-13-28(29)24-9-4-3-5-10-24/h3-14,21,27,33-34H,2,15-20,22-23H2,1H3,(H,35,39)(H,36,40). The summed E-state index contributed by atoms with van der Waals surface area (Å²) >= 11 is 0. The minimum Gasteiger partial charge on any atom is -0.446 e. The summed E-state index contributed by atoms with van der Waals surface area (Å²) in [6, 6.07) is 24.6. The predicted octanol–water partition coefficient (Wildman–Crippen LogP) is 4.39. The number of Topliss-reactive ketones (excluding diaryl/α,β-unsaturated/α-hetero) is 1. The summed E-state index contributed by atoms with van der Waals surface area (Å²) in [5.74, 6) is -0.169. The zero-order valence-corrected chi connectivity index (χ0v) is 23.5. The molecular weight excluding hydrogens is 518 g/mol. The molecule has 216 valence electrons. The van der Waals surface area contributed by atoms with Crippen LogP contribution >= 0.6 is 0 Å². The van der Waals surface area contributed by atoms with Crippen LogP contribution in [-0.4, -0.2) is 74.6 Å². The number of para-hydroxylation sites is 1. The lowest BCUT2D eigenvalue weighted by Gasteiger charge is -2.31. The largest absolute Gasteiger partial charge is 0.446 e. The van der Waals surface area contributed by atoms with Gasteiger partial charge in [-0.15, -0.1) is 0 Å². The third kappa shape index (κ3) is 9.53. The van der Waals surface area contributed by atoms with Crippen molar-refractivity contribution in [2.24, 2.45) is 0 Å². The highest BCUT2D eigenvalue weighted by molar-refractivity contribution is 6.00. The maximum Gasteiger partial charge on any atom is 0.411 e. The van der Waals surface area contributed by atoms with E-state index in [1.807, 2.05) is 61.5 Å². The van der Waals surface area contributed by atoms with Gasteiger partial charge in [0.2, 0.25) is 5.91 Å². The number of piperidine rings is 1. The number of ether oxygens (including phenoxy) is 1. The van der Waals surface area contributed by atoms with Gasteiger partial charge in [0.05, 0.1) is 18.8 Å². The van der Waals surface area contributed by atoms with Gasteiger partial charge in [-0.2, -0.15) is 0 Å². The number of ketones is 1. The molecule has 4 N–H and O–H groups in total. The Kier molecular flexibility index (Phi) is 11.4. The SMILES string of the molecule is CCNCC(=O)Nc1cccc(C(=O)CNCCN2CCC(OC(=O)Nc3ccccc3-c3ccccc3)CC2)c1. The second-order valence-electron chi connectivity index (χ2n) is 9.99. The van der Waals surface area contributed by atoms with E-state index in [4.69, 9.17) is 4.74 Å². The Bertz CT molecular complexity index is 1290. The molecule has 2 amide bonds. The maximum absolute atomic E-state index is 12.6. The third-order valence-corrected chi connectivity index (χ3v) is 6.95. The van der Waals surface area contributed by atoms with Crippen molar-refractivity contribution in [2.75, 3.05) is 56.4 Å². The van der Waals surface area contributed by atoms with Crippen LogP contribution in [-0.2, 0) is 9.53 Å². The van der Waals surface area contributed by atoms with E-state index in [-0.39, 0.29) is 30.9 Å². The van der Waals surface area contributed by atoms with E-state index in [1.165, 1.54) is 0 Å². The van der Waals surface area contributed by atoms with Crippen LogP contribution < -0.4 is 21.3 Å². The Morgan fingerprint density at radius 2 is 1.61 bits per heavy atom. The molecule has 1 aliphatic rings. The van der Waals surface area contributed by atoms with Crippen LogP contribution in [0.2, 0.25) is 0 Å². The topological polar surface area (TPSA) is 112 Å². The molecule has 1 aliphatic heterocycles. The summed E-state index contributed by atoms with van der Waals surface area (Å²) in [7, 11) is 0. The van der Waals surface area contributed by atoms with Crippen molar-refractivity contribution < 1.29 is 19.1 Å². The number of nitrogens with one attached hydrogen (secondary N) is 4. The number of anilines is 2. The monoisotopic (exact) mass is 557 g/mol. The van der Waals surface area contributed by atoms with Gasteiger partial charge in [-0.3, -0.25) is 14.9 Å². The van der Waals surface area contributed by atoms with Crippen molar-refractivity contribution in [3.63, 3.8) is 0 Å². The number of hydrogen-bond acceptors (Lipinski definition) is 7. The van der Waals surface area contributed by atoms with Crippen molar-refractivity contribution >= 4 is 29.2 Å². The zero-order valence-electron chi connectivity index (χ0n) is 23.5. The summed E-state index contributed by atoms with van der Waals surface area (Å²) < 4.78 is 5.73. The van der Waals surface area contributed by atoms with Crippen LogP contribution in [0.4, 0.5) is 16.2 Å². The predicted molar refractivity (Wildman–Crippen MR) is 162 cm³/mol. The number of likely N-dealkylation sites (tertiary alicyclic amines) is 1. The lowest BCUT2D eigenvalue weighted by atomic mass is 10.0. The van der Waals surface area contributed by atoms with Crippen LogP contribution in [0.1, 0.15) is 30.1 Å². The number of rotatable bonds is 13. The number of carbonyl (C=O) groups is 3. The van der Waals surface area contributed by atoms with Crippen LogP contribution in [0.3, 0.4) is 0 Å². The minimum atomic E-state index is -0.437. The van der Waals surface area contributed by atoms with Crippen LogP contribution in [0.15, 0.2) is 78.9 Å². The number of hydrogen-bond donors (Lipinski definition) is 4. The third-order valence-electron chi connectivity index (χ3n) is 6.95. The number of carbonyl (C=O) groups excluding carboxylic acids is 3. The van der Waals surface area contributed by atoms with E-state index in [9.17, 15) is 14.4 Å². The smallest absolute Gasteiger partial charge is 0.411 e. The van der Waals surface area contributed by atoms with E-state index in [0.29, 0.717) is 24.3 Å². The highest BCUT2D eigenvalue weighted by atomic mass is 16.6. The number of likely N-dealkylation sites (N-methyl/N-ethyl adjacent to an activating group) is 1. The Morgan fingerprint density at radius 1 is 0.854 bits per heavy atom. The first-order valence-corrected chi connectivity index (χ1v) is 14.2. The van der Waals surface area contributed by atoms with E-state index in [0.717, 1.165) is 49.3 Å². The first kappa shape index (κ1) is 29.9. The molecule has 0 spiro atoms. The fourth-order valence-corrected chi connectivity index (χ4v) is 4.76. The molecule has 0 aliphatic carbocycles. The molecule has 4 rings (SSSR count). The molecule has 0 bridgehead atoms. The minimum absolute atomic E-state index is 0.0280. The summed E-state index contributed by atoms with van der Waals surface area (Å²) in [5, 5.41) is 11.9. The van der Waals surface area contributed by atoms with Gasteiger partial charge in [0, 0.05) is 43.0 Å². The molecule has 1 fully saturated rings. The molecule has 0 unspecified atom stereocenters. The lowest BCUT2D eigenvalue weighted by molar-refractivity contribution is -0.115. The second kappa shape index (κ2) is 15.7. The van der Waals surface area contributed by atoms with Gasteiger partial charge in [-0.25, -0.2) is 4.79 Å². The van der Waals surface area contributed by atoms with Gasteiger partial charge in [-0.05, 0) is 43.1 Å². The number of nitrogens with zero attached hydrogens (tertiary/aromatic N) is 1. The van der Waals surface area contributed by atoms with Crippen molar-refractivity contribution in [1.29, 1.82) is 0 Å². The molecule has 9 heteroatoms. The average Bonchev–Trinajstić information content (AvgIpc) is 3.00. The van der Waals surface area contributed by atoms with Gasteiger partial charge in [0.15, 0.2) is 5.78 Å². The second-order valence-corrected chi connectivity index (χ2v) is 9.99. The molecule has 9 nitrogen and oxygen atoms in total. The van der Waals surface area contributed by atoms with Crippen molar-refractivity contribution in [2.45, 2.75) is 25.9 Å². The molecule has 3 aromatic rings. The molecular formula is C32H39N5O4. The molecule has 1 saturated heterocycles. The van der Waals surface area contributed by atoms with E-state index in [1.54, 1.807) is 24.3 Å². The lowest BCUT2D eigenvalue weighted by Crippen LogP contribution is -2.42. The zero-order chi connectivity index (χ0) is 28.9. The summed E-state index contributed by atoms with van der Waals surface area (Å²) in [6.07, 6.45) is 0.960.